The van der Waals surface area contributed by atoms with Gasteiger partial charge in [-0.25, -0.2) is 0 Å². The van der Waals surface area contributed by atoms with Gasteiger partial charge in [0.15, 0.2) is 5.65 Å². The Morgan fingerprint density at radius 3 is 2.74 bits per heavy atom. The summed E-state index contributed by atoms with van der Waals surface area (Å²) in [5, 5.41) is 8.19. The predicted molar refractivity (Wildman–Crippen MR) is 93.5 cm³/mol. The van der Waals surface area contributed by atoms with Crippen molar-refractivity contribution in [3.05, 3.63) is 36.5 Å². The van der Waals surface area contributed by atoms with Gasteiger partial charge in [0.25, 0.3) is 0 Å². The fourth-order valence-corrected chi connectivity index (χ4v) is 2.42. The number of fused-ring (bicyclic) bond motifs is 1. The van der Waals surface area contributed by atoms with Crippen LogP contribution in [-0.4, -0.2) is 39.4 Å². The molecule has 0 bridgehead atoms. The van der Waals surface area contributed by atoms with Crippen molar-refractivity contribution in [1.82, 2.24) is 19.7 Å². The molecular formula is C16H21N7. The molecule has 7 nitrogen and oxygen atoms in total. The van der Waals surface area contributed by atoms with E-state index >= 15 is 0 Å². The van der Waals surface area contributed by atoms with Crippen LogP contribution in [0.4, 0.5) is 17.5 Å². The molecule has 1 unspecified atom stereocenters. The molecule has 0 radical (unpaired) electrons. The van der Waals surface area contributed by atoms with Crippen molar-refractivity contribution < 1.29 is 0 Å². The number of aromatic nitrogens is 4. The van der Waals surface area contributed by atoms with Crippen LogP contribution in [0.2, 0.25) is 0 Å². The van der Waals surface area contributed by atoms with Crippen molar-refractivity contribution in [2.24, 2.45) is 7.05 Å². The summed E-state index contributed by atoms with van der Waals surface area (Å²) in [6, 6.07) is 10.5. The Labute approximate surface area is 135 Å². The fraction of sp³-hybridized carbons (Fsp3) is 0.312. The zero-order valence-electron chi connectivity index (χ0n) is 13.6. The topological polar surface area (TPSA) is 84.9 Å². The molecule has 120 valence electrons. The third kappa shape index (κ3) is 3.03. The number of anilines is 3. The number of aryl methyl sites for hydroxylation is 1. The summed E-state index contributed by atoms with van der Waals surface area (Å²) in [5.74, 6) is 0.960. The number of nitrogens with one attached hydrogen (secondary N) is 1. The van der Waals surface area contributed by atoms with E-state index in [1.54, 1.807) is 10.9 Å². The van der Waals surface area contributed by atoms with E-state index in [2.05, 4.69) is 51.4 Å². The van der Waals surface area contributed by atoms with Crippen LogP contribution in [0.5, 0.6) is 0 Å². The number of rotatable bonds is 5. The minimum atomic E-state index is 0.268. The molecule has 23 heavy (non-hydrogen) atoms. The molecule has 0 aliphatic carbocycles. The third-order valence-corrected chi connectivity index (χ3v) is 4.00. The lowest BCUT2D eigenvalue weighted by Gasteiger charge is -2.27. The number of nitrogens with two attached hydrogens (primary N) is 1. The number of hydrogen-bond acceptors (Lipinski definition) is 6. The van der Waals surface area contributed by atoms with Crippen LogP contribution in [0.25, 0.3) is 11.0 Å². The lowest BCUT2D eigenvalue weighted by atomic mass is 10.2. The standard InChI is InChI=1S/C16H21N7/c1-11(22(2)12-7-5-4-6-8-12)9-18-16-20-14(17)13-10-19-23(3)15(13)21-16/h4-8,10-11H,9H2,1-3H3,(H3,17,18,20,21). The fourth-order valence-electron chi connectivity index (χ4n) is 2.42. The van der Waals surface area contributed by atoms with Crippen molar-refractivity contribution in [3.63, 3.8) is 0 Å². The number of nitrogen functional groups attached to an aromatic ring is 1. The number of para-hydroxylation sites is 1. The lowest BCUT2D eigenvalue weighted by Crippen LogP contribution is -2.35. The quantitative estimate of drug-likeness (QED) is 0.748. The Morgan fingerprint density at radius 2 is 2.00 bits per heavy atom. The summed E-state index contributed by atoms with van der Waals surface area (Å²) in [4.78, 5) is 11.0. The van der Waals surface area contributed by atoms with Gasteiger partial charge in [-0.1, -0.05) is 18.2 Å². The first-order valence-corrected chi connectivity index (χ1v) is 7.53. The molecule has 0 aliphatic rings. The largest absolute Gasteiger partial charge is 0.383 e. The smallest absolute Gasteiger partial charge is 0.226 e. The van der Waals surface area contributed by atoms with Crippen molar-refractivity contribution >= 4 is 28.5 Å². The summed E-state index contributed by atoms with van der Waals surface area (Å²) < 4.78 is 1.69. The molecule has 7 heteroatoms. The van der Waals surface area contributed by atoms with Gasteiger partial charge in [-0.2, -0.15) is 15.1 Å². The Balaban J connectivity index is 1.71. The minimum absolute atomic E-state index is 0.268. The van der Waals surface area contributed by atoms with Crippen LogP contribution in [-0.2, 0) is 7.05 Å². The molecule has 3 N–H and O–H groups in total. The van der Waals surface area contributed by atoms with E-state index in [0.717, 1.165) is 11.0 Å². The molecule has 0 fully saturated rings. The Morgan fingerprint density at radius 1 is 1.26 bits per heavy atom. The Hall–Kier alpha value is -2.83. The first-order valence-electron chi connectivity index (χ1n) is 7.53. The normalized spacial score (nSPS) is 12.3. The molecular weight excluding hydrogens is 290 g/mol. The van der Waals surface area contributed by atoms with E-state index in [-0.39, 0.29) is 6.04 Å². The van der Waals surface area contributed by atoms with E-state index in [1.807, 2.05) is 25.2 Å². The van der Waals surface area contributed by atoms with Crippen LogP contribution >= 0.6 is 0 Å². The Bertz CT molecular complexity index is 797. The first kappa shape index (κ1) is 15.1. The molecule has 2 heterocycles. The van der Waals surface area contributed by atoms with Gasteiger partial charge in [0.2, 0.25) is 5.95 Å². The zero-order valence-corrected chi connectivity index (χ0v) is 13.6. The van der Waals surface area contributed by atoms with Crippen molar-refractivity contribution in [1.29, 1.82) is 0 Å². The van der Waals surface area contributed by atoms with Crippen LogP contribution in [0.1, 0.15) is 6.92 Å². The molecule has 0 saturated carbocycles. The zero-order chi connectivity index (χ0) is 16.4. The highest BCUT2D eigenvalue weighted by atomic mass is 15.3. The van der Waals surface area contributed by atoms with E-state index in [9.17, 15) is 0 Å². The van der Waals surface area contributed by atoms with Gasteiger partial charge in [0.1, 0.15) is 5.82 Å². The highest BCUT2D eigenvalue weighted by Crippen LogP contribution is 2.19. The number of benzene rings is 1. The summed E-state index contributed by atoms with van der Waals surface area (Å²) in [6.45, 7) is 2.85. The molecule has 0 amide bonds. The minimum Gasteiger partial charge on any atom is -0.383 e. The maximum absolute atomic E-state index is 5.97. The molecule has 1 aromatic carbocycles. The van der Waals surface area contributed by atoms with Gasteiger partial charge >= 0.3 is 0 Å². The molecule has 3 aromatic rings. The first-order chi connectivity index (χ1) is 11.1. The molecule has 0 saturated heterocycles. The highest BCUT2D eigenvalue weighted by Gasteiger charge is 2.12. The molecule has 3 rings (SSSR count). The highest BCUT2D eigenvalue weighted by molar-refractivity contribution is 5.86. The predicted octanol–water partition coefficient (Wildman–Crippen LogP) is 1.88. The summed E-state index contributed by atoms with van der Waals surface area (Å²) in [6.07, 6.45) is 1.68. The average molecular weight is 311 g/mol. The van der Waals surface area contributed by atoms with Crippen molar-refractivity contribution in [3.8, 4) is 0 Å². The van der Waals surface area contributed by atoms with E-state index in [0.29, 0.717) is 18.3 Å². The van der Waals surface area contributed by atoms with E-state index in [4.69, 9.17) is 5.73 Å². The van der Waals surface area contributed by atoms with Crippen LogP contribution in [0.3, 0.4) is 0 Å². The van der Waals surface area contributed by atoms with E-state index in [1.165, 1.54) is 5.69 Å². The second kappa shape index (κ2) is 6.12. The maximum Gasteiger partial charge on any atom is 0.226 e. The second-order valence-electron chi connectivity index (χ2n) is 5.61. The number of hydrogen-bond donors (Lipinski definition) is 2. The molecule has 2 aromatic heterocycles. The van der Waals surface area contributed by atoms with Crippen LogP contribution in [0.15, 0.2) is 36.5 Å². The van der Waals surface area contributed by atoms with Gasteiger partial charge in [-0.15, -0.1) is 0 Å². The Kier molecular flexibility index (Phi) is 4.01. The second-order valence-corrected chi connectivity index (χ2v) is 5.61. The molecule has 0 spiro atoms. The van der Waals surface area contributed by atoms with Crippen molar-refractivity contribution in [2.75, 3.05) is 29.5 Å². The number of nitrogens with zero attached hydrogens (tertiary/aromatic N) is 5. The van der Waals surface area contributed by atoms with Gasteiger partial charge in [0, 0.05) is 32.4 Å². The third-order valence-electron chi connectivity index (χ3n) is 4.00. The monoisotopic (exact) mass is 311 g/mol. The maximum atomic E-state index is 5.97. The SMILES string of the molecule is CC(CNc1nc(N)c2cnn(C)c2n1)N(C)c1ccccc1. The van der Waals surface area contributed by atoms with Crippen LogP contribution in [0, 0.1) is 0 Å². The molecule has 0 aliphatic heterocycles. The number of likely N-dealkylation sites (N-methyl/N-ethyl adjacent to an activating group) is 1. The van der Waals surface area contributed by atoms with Gasteiger partial charge in [-0.3, -0.25) is 4.68 Å². The summed E-state index contributed by atoms with van der Waals surface area (Å²) in [7, 11) is 3.91. The van der Waals surface area contributed by atoms with E-state index < -0.39 is 0 Å². The summed E-state index contributed by atoms with van der Waals surface area (Å²) in [5.41, 5.74) is 7.87. The van der Waals surface area contributed by atoms with Gasteiger partial charge < -0.3 is 16.0 Å². The lowest BCUT2D eigenvalue weighted by molar-refractivity contribution is 0.712. The van der Waals surface area contributed by atoms with Crippen molar-refractivity contribution in [2.45, 2.75) is 13.0 Å². The average Bonchev–Trinajstić information content (AvgIpc) is 2.94. The molecule has 1 atom stereocenters. The van der Waals surface area contributed by atoms with Gasteiger partial charge in [0.05, 0.1) is 11.6 Å². The van der Waals surface area contributed by atoms with Gasteiger partial charge in [-0.05, 0) is 19.1 Å². The summed E-state index contributed by atoms with van der Waals surface area (Å²) >= 11 is 0. The van der Waals surface area contributed by atoms with Crippen LogP contribution < -0.4 is 16.0 Å².